The van der Waals surface area contributed by atoms with E-state index in [9.17, 15) is 19.8 Å². The zero-order chi connectivity index (χ0) is 26.7. The van der Waals surface area contributed by atoms with Crippen LogP contribution in [-0.4, -0.2) is 43.8 Å². The first kappa shape index (κ1) is 30.1. The Morgan fingerprint density at radius 3 is 2.33 bits per heavy atom. The van der Waals surface area contributed by atoms with Crippen molar-refractivity contribution >= 4 is 23.4 Å². The SMILES string of the molecule is CCCCCCCN(C(=O)Cn1c(CC)nc(C)cc1=O)c1ccc(S[C@@H](CC(C)C)C(O)O)cc1. The molecule has 36 heavy (non-hydrogen) atoms. The Morgan fingerprint density at radius 1 is 1.08 bits per heavy atom. The second kappa shape index (κ2) is 15.2. The van der Waals surface area contributed by atoms with Crippen LogP contribution in [0.4, 0.5) is 5.69 Å². The van der Waals surface area contributed by atoms with Gasteiger partial charge in [-0.2, -0.15) is 0 Å². The molecule has 0 bridgehead atoms. The van der Waals surface area contributed by atoms with Gasteiger partial charge >= 0.3 is 0 Å². The van der Waals surface area contributed by atoms with E-state index in [2.05, 4.69) is 25.8 Å². The van der Waals surface area contributed by atoms with Crippen LogP contribution in [0.1, 0.15) is 77.7 Å². The number of anilines is 1. The molecule has 8 heteroatoms. The summed E-state index contributed by atoms with van der Waals surface area (Å²) < 4.78 is 1.47. The predicted octanol–water partition coefficient (Wildman–Crippen LogP) is 4.94. The third kappa shape index (κ3) is 9.37. The Morgan fingerprint density at radius 2 is 1.75 bits per heavy atom. The molecule has 1 heterocycles. The van der Waals surface area contributed by atoms with Crippen LogP contribution in [0, 0.1) is 12.8 Å². The third-order valence-corrected chi connectivity index (χ3v) is 7.37. The molecule has 2 N–H and O–H groups in total. The van der Waals surface area contributed by atoms with Crippen molar-refractivity contribution in [3.63, 3.8) is 0 Å². The van der Waals surface area contributed by atoms with E-state index < -0.39 is 6.29 Å². The molecule has 0 saturated heterocycles. The quantitative estimate of drug-likeness (QED) is 0.197. The zero-order valence-corrected chi connectivity index (χ0v) is 23.3. The lowest BCUT2D eigenvalue weighted by Crippen LogP contribution is -2.38. The molecule has 200 valence electrons. The van der Waals surface area contributed by atoms with Crippen LogP contribution in [0.15, 0.2) is 40.0 Å². The minimum absolute atomic E-state index is 0.0477. The van der Waals surface area contributed by atoms with E-state index in [1.54, 1.807) is 11.8 Å². The van der Waals surface area contributed by atoms with Crippen LogP contribution in [0.2, 0.25) is 0 Å². The first-order valence-electron chi connectivity index (χ1n) is 13.2. The van der Waals surface area contributed by atoms with E-state index >= 15 is 0 Å². The molecule has 0 aliphatic heterocycles. The van der Waals surface area contributed by atoms with Gasteiger partial charge in [0.1, 0.15) is 12.4 Å². The number of thioether (sulfide) groups is 1. The van der Waals surface area contributed by atoms with E-state index in [0.29, 0.717) is 36.8 Å². The van der Waals surface area contributed by atoms with E-state index in [0.717, 1.165) is 36.3 Å². The molecule has 0 aliphatic carbocycles. The fourth-order valence-electron chi connectivity index (χ4n) is 4.19. The number of aliphatic hydroxyl groups is 2. The van der Waals surface area contributed by atoms with Crippen LogP contribution in [0.5, 0.6) is 0 Å². The Labute approximate surface area is 220 Å². The van der Waals surface area contributed by atoms with Gasteiger partial charge in [-0.3, -0.25) is 14.2 Å². The summed E-state index contributed by atoms with van der Waals surface area (Å²) in [6.45, 7) is 10.5. The summed E-state index contributed by atoms with van der Waals surface area (Å²) in [4.78, 5) is 33.2. The number of rotatable bonds is 15. The highest BCUT2D eigenvalue weighted by Crippen LogP contribution is 2.31. The largest absolute Gasteiger partial charge is 0.367 e. The third-order valence-electron chi connectivity index (χ3n) is 6.08. The summed E-state index contributed by atoms with van der Waals surface area (Å²) in [5, 5.41) is 19.2. The van der Waals surface area contributed by atoms with Gasteiger partial charge in [-0.05, 0) is 49.9 Å². The zero-order valence-electron chi connectivity index (χ0n) is 22.4. The fourth-order valence-corrected chi connectivity index (χ4v) is 5.43. The molecule has 1 aromatic carbocycles. The minimum atomic E-state index is -1.40. The number of benzene rings is 1. The maximum absolute atomic E-state index is 13.5. The second-order valence-electron chi connectivity index (χ2n) is 9.74. The maximum Gasteiger partial charge on any atom is 0.254 e. The van der Waals surface area contributed by atoms with Crippen molar-refractivity contribution in [3.05, 3.63) is 52.2 Å². The molecule has 2 rings (SSSR count). The molecule has 2 aromatic rings. The highest BCUT2D eigenvalue weighted by Gasteiger charge is 2.21. The molecular formula is C28H43N3O4S. The maximum atomic E-state index is 13.5. The lowest BCUT2D eigenvalue weighted by atomic mass is 10.1. The summed E-state index contributed by atoms with van der Waals surface area (Å²) in [5.74, 6) is 0.815. The molecule has 1 aromatic heterocycles. The second-order valence-corrected chi connectivity index (χ2v) is 11.1. The van der Waals surface area contributed by atoms with Crippen LogP contribution in [-0.2, 0) is 17.8 Å². The number of nitrogens with zero attached hydrogens (tertiary/aromatic N) is 3. The summed E-state index contributed by atoms with van der Waals surface area (Å²) in [6, 6.07) is 9.11. The number of carbonyl (C=O) groups excluding carboxylic acids is 1. The molecule has 7 nitrogen and oxygen atoms in total. The molecule has 0 aliphatic rings. The highest BCUT2D eigenvalue weighted by molar-refractivity contribution is 8.00. The van der Waals surface area contributed by atoms with Crippen LogP contribution in [0.3, 0.4) is 0 Å². The lowest BCUT2D eigenvalue weighted by Gasteiger charge is -2.25. The molecule has 0 unspecified atom stereocenters. The van der Waals surface area contributed by atoms with Crippen molar-refractivity contribution in [3.8, 4) is 0 Å². The van der Waals surface area contributed by atoms with Crippen LogP contribution < -0.4 is 10.5 Å². The summed E-state index contributed by atoms with van der Waals surface area (Å²) >= 11 is 1.43. The van der Waals surface area contributed by atoms with Gasteiger partial charge in [0.15, 0.2) is 6.29 Å². The number of unbranched alkanes of at least 4 members (excludes halogenated alkanes) is 4. The predicted molar refractivity (Wildman–Crippen MR) is 147 cm³/mol. The normalized spacial score (nSPS) is 12.4. The molecule has 0 fully saturated rings. The molecule has 0 radical (unpaired) electrons. The van der Waals surface area contributed by atoms with Crippen molar-refractivity contribution in [1.82, 2.24) is 9.55 Å². The van der Waals surface area contributed by atoms with Crippen LogP contribution >= 0.6 is 11.8 Å². The van der Waals surface area contributed by atoms with Gasteiger partial charge in [-0.1, -0.05) is 53.4 Å². The average molecular weight is 518 g/mol. The first-order chi connectivity index (χ1) is 17.2. The number of aliphatic hydroxyl groups excluding tert-OH is 1. The van der Waals surface area contributed by atoms with Gasteiger partial charge in [0.05, 0.1) is 5.25 Å². The van der Waals surface area contributed by atoms with Gasteiger partial charge in [-0.25, -0.2) is 4.98 Å². The topological polar surface area (TPSA) is 95.7 Å². The van der Waals surface area contributed by atoms with Crippen molar-refractivity contribution in [2.24, 2.45) is 5.92 Å². The Hall–Kier alpha value is -2.16. The Bertz CT molecular complexity index is 1000. The average Bonchev–Trinajstić information content (AvgIpc) is 2.82. The Kier molecular flexibility index (Phi) is 12.7. The fraction of sp³-hybridized carbons (Fsp3) is 0.607. The number of hydrogen-bond acceptors (Lipinski definition) is 6. The molecule has 1 amide bonds. The number of amides is 1. The number of aryl methyl sites for hydroxylation is 2. The standard InChI is InChI=1S/C28H43N3O4S/c1-6-8-9-10-11-16-30(27(33)19-31-25(7-2)29-21(5)18-26(31)32)22-12-14-23(15-13-22)36-24(28(34)35)17-20(3)4/h12-15,18,20,24,28,34-35H,6-11,16-17,19H2,1-5H3/t24-/m0/s1. The molecule has 0 spiro atoms. The molecular weight excluding hydrogens is 474 g/mol. The van der Waals surface area contributed by atoms with E-state index in [1.165, 1.54) is 28.8 Å². The number of aromatic nitrogens is 2. The van der Waals surface area contributed by atoms with Crippen molar-refractivity contribution in [2.45, 2.75) is 103 Å². The van der Waals surface area contributed by atoms with E-state index in [1.807, 2.05) is 31.2 Å². The molecule has 0 saturated carbocycles. The van der Waals surface area contributed by atoms with E-state index in [4.69, 9.17) is 0 Å². The monoisotopic (exact) mass is 517 g/mol. The smallest absolute Gasteiger partial charge is 0.254 e. The van der Waals surface area contributed by atoms with Gasteiger partial charge < -0.3 is 15.1 Å². The molecule has 1 atom stereocenters. The van der Waals surface area contributed by atoms with Gasteiger partial charge in [0.2, 0.25) is 5.91 Å². The first-order valence-corrected chi connectivity index (χ1v) is 14.0. The number of carbonyl (C=O) groups is 1. The van der Waals surface area contributed by atoms with E-state index in [-0.39, 0.29) is 23.3 Å². The number of hydrogen-bond donors (Lipinski definition) is 2. The minimum Gasteiger partial charge on any atom is -0.367 e. The van der Waals surface area contributed by atoms with Crippen LogP contribution in [0.25, 0.3) is 0 Å². The van der Waals surface area contributed by atoms with Gasteiger partial charge in [-0.15, -0.1) is 11.8 Å². The van der Waals surface area contributed by atoms with Crippen molar-refractivity contribution in [1.29, 1.82) is 0 Å². The van der Waals surface area contributed by atoms with Gasteiger partial charge in [0, 0.05) is 35.3 Å². The summed E-state index contributed by atoms with van der Waals surface area (Å²) in [6.07, 6.45) is 5.26. The Balaban J connectivity index is 2.24. The summed E-state index contributed by atoms with van der Waals surface area (Å²) in [5.41, 5.74) is 1.22. The van der Waals surface area contributed by atoms with Crippen molar-refractivity contribution < 1.29 is 15.0 Å². The highest BCUT2D eigenvalue weighted by atomic mass is 32.2. The summed E-state index contributed by atoms with van der Waals surface area (Å²) in [7, 11) is 0. The van der Waals surface area contributed by atoms with Crippen molar-refractivity contribution in [2.75, 3.05) is 11.4 Å². The lowest BCUT2D eigenvalue weighted by molar-refractivity contribution is -0.119. The van der Waals surface area contributed by atoms with Gasteiger partial charge in [0.25, 0.3) is 5.56 Å².